The summed E-state index contributed by atoms with van der Waals surface area (Å²) in [6.45, 7) is 0. The predicted octanol–water partition coefficient (Wildman–Crippen LogP) is 1.63. The number of hydrogen-bond donors (Lipinski definition) is 0. The Kier molecular flexibility index (Phi) is 1.28. The standard InChI is InChI=1S/C8H4N4S/c1-3-11-7-5(9-1)6-8(13-7)12-4-2-10-6/h1-4H. The summed E-state index contributed by atoms with van der Waals surface area (Å²) < 4.78 is 0. The summed E-state index contributed by atoms with van der Waals surface area (Å²) in [6, 6.07) is 0. The molecule has 0 spiro atoms. The highest BCUT2D eigenvalue weighted by molar-refractivity contribution is 7.24. The van der Waals surface area contributed by atoms with Crippen LogP contribution in [-0.4, -0.2) is 19.9 Å². The van der Waals surface area contributed by atoms with E-state index in [9.17, 15) is 0 Å². The number of fused-ring (bicyclic) bond motifs is 3. The van der Waals surface area contributed by atoms with Crippen LogP contribution in [0, 0.1) is 0 Å². The number of rotatable bonds is 0. The van der Waals surface area contributed by atoms with Crippen molar-refractivity contribution in [3.05, 3.63) is 24.8 Å². The predicted molar refractivity (Wildman–Crippen MR) is 50.5 cm³/mol. The Morgan fingerprint density at radius 2 is 1.15 bits per heavy atom. The van der Waals surface area contributed by atoms with E-state index in [2.05, 4.69) is 19.9 Å². The van der Waals surface area contributed by atoms with E-state index >= 15 is 0 Å². The summed E-state index contributed by atoms with van der Waals surface area (Å²) in [5, 5.41) is 0. The average molecular weight is 188 g/mol. The molecule has 0 fully saturated rings. The van der Waals surface area contributed by atoms with Crippen LogP contribution >= 0.6 is 11.3 Å². The van der Waals surface area contributed by atoms with E-state index in [-0.39, 0.29) is 0 Å². The maximum Gasteiger partial charge on any atom is 0.146 e. The fourth-order valence-electron chi connectivity index (χ4n) is 1.22. The summed E-state index contributed by atoms with van der Waals surface area (Å²) >= 11 is 1.51. The molecule has 0 aromatic carbocycles. The molecule has 0 aliphatic rings. The Morgan fingerprint density at radius 1 is 0.692 bits per heavy atom. The molecule has 5 heteroatoms. The van der Waals surface area contributed by atoms with Gasteiger partial charge in [-0.05, 0) is 0 Å². The molecule has 0 bridgehead atoms. The molecule has 0 atom stereocenters. The molecule has 0 aliphatic heterocycles. The van der Waals surface area contributed by atoms with E-state index in [4.69, 9.17) is 0 Å². The molecule has 0 amide bonds. The lowest BCUT2D eigenvalue weighted by Crippen LogP contribution is -1.78. The first kappa shape index (κ1) is 6.85. The normalized spacial score (nSPS) is 11.1. The molecule has 0 unspecified atom stereocenters. The number of nitrogens with zero attached hydrogens (tertiary/aromatic N) is 4. The minimum atomic E-state index is 0.843. The average Bonchev–Trinajstić information content (AvgIpc) is 2.56. The van der Waals surface area contributed by atoms with Gasteiger partial charge in [0.15, 0.2) is 0 Å². The van der Waals surface area contributed by atoms with Gasteiger partial charge in [-0.3, -0.25) is 0 Å². The fraction of sp³-hybridized carbons (Fsp3) is 0. The molecule has 13 heavy (non-hydrogen) atoms. The van der Waals surface area contributed by atoms with Gasteiger partial charge in [-0.2, -0.15) is 0 Å². The summed E-state index contributed by atoms with van der Waals surface area (Å²) in [7, 11) is 0. The quantitative estimate of drug-likeness (QED) is 0.538. The lowest BCUT2D eigenvalue weighted by atomic mass is 10.4. The summed E-state index contributed by atoms with van der Waals surface area (Å²) in [4.78, 5) is 18.6. The maximum atomic E-state index is 4.21. The molecule has 3 aromatic heterocycles. The molecule has 62 valence electrons. The van der Waals surface area contributed by atoms with Crippen LogP contribution in [0.4, 0.5) is 0 Å². The molecule has 0 saturated carbocycles. The Labute approximate surface area is 77.3 Å². The smallest absolute Gasteiger partial charge is 0.146 e. The molecular formula is C8H4N4S. The van der Waals surface area contributed by atoms with E-state index < -0.39 is 0 Å². The lowest BCUT2D eigenvalue weighted by molar-refractivity contribution is 1.29. The summed E-state index contributed by atoms with van der Waals surface area (Å²) in [5.74, 6) is 0. The van der Waals surface area contributed by atoms with Crippen molar-refractivity contribution in [2.24, 2.45) is 0 Å². The van der Waals surface area contributed by atoms with Crippen molar-refractivity contribution in [3.63, 3.8) is 0 Å². The largest absolute Gasteiger partial charge is 0.250 e. The van der Waals surface area contributed by atoms with Gasteiger partial charge in [0, 0.05) is 24.8 Å². The van der Waals surface area contributed by atoms with Gasteiger partial charge >= 0.3 is 0 Å². The Morgan fingerprint density at radius 3 is 1.69 bits per heavy atom. The van der Waals surface area contributed by atoms with Crippen molar-refractivity contribution in [2.75, 3.05) is 0 Å². The third-order valence-electron chi connectivity index (χ3n) is 1.75. The number of aromatic nitrogens is 4. The van der Waals surface area contributed by atoms with Crippen LogP contribution < -0.4 is 0 Å². The van der Waals surface area contributed by atoms with Crippen LogP contribution in [0.3, 0.4) is 0 Å². The second-order valence-corrected chi connectivity index (χ2v) is 3.50. The Hall–Kier alpha value is -1.62. The van der Waals surface area contributed by atoms with E-state index in [1.54, 1.807) is 24.8 Å². The van der Waals surface area contributed by atoms with Gasteiger partial charge in [-0.1, -0.05) is 11.3 Å². The minimum Gasteiger partial charge on any atom is -0.250 e. The molecule has 0 N–H and O–H groups in total. The van der Waals surface area contributed by atoms with E-state index in [0.717, 1.165) is 20.7 Å². The molecule has 0 saturated heterocycles. The SMILES string of the molecule is c1cnc2c(n1)sc1nccnc12. The number of thiophene rings is 1. The van der Waals surface area contributed by atoms with Gasteiger partial charge in [0.25, 0.3) is 0 Å². The van der Waals surface area contributed by atoms with Gasteiger partial charge in [0.1, 0.15) is 20.7 Å². The van der Waals surface area contributed by atoms with Crippen molar-refractivity contribution in [1.82, 2.24) is 19.9 Å². The minimum absolute atomic E-state index is 0.843. The Bertz CT molecular complexity index is 524. The first-order chi connectivity index (χ1) is 6.45. The molecule has 0 radical (unpaired) electrons. The monoisotopic (exact) mass is 188 g/mol. The molecule has 0 aliphatic carbocycles. The van der Waals surface area contributed by atoms with Crippen molar-refractivity contribution in [2.45, 2.75) is 0 Å². The van der Waals surface area contributed by atoms with Crippen LogP contribution in [0.2, 0.25) is 0 Å². The van der Waals surface area contributed by atoms with Crippen molar-refractivity contribution >= 4 is 32.0 Å². The second kappa shape index (κ2) is 2.43. The molecule has 4 nitrogen and oxygen atoms in total. The van der Waals surface area contributed by atoms with Crippen LogP contribution in [0.5, 0.6) is 0 Å². The highest BCUT2D eigenvalue weighted by Gasteiger charge is 2.07. The third kappa shape index (κ3) is 0.905. The van der Waals surface area contributed by atoms with Crippen molar-refractivity contribution in [3.8, 4) is 0 Å². The maximum absolute atomic E-state index is 4.21. The summed E-state index contributed by atoms with van der Waals surface area (Å²) in [5.41, 5.74) is 1.69. The van der Waals surface area contributed by atoms with E-state index in [1.807, 2.05) is 0 Å². The highest BCUT2D eigenvalue weighted by Crippen LogP contribution is 2.26. The molecular weight excluding hydrogens is 184 g/mol. The van der Waals surface area contributed by atoms with Crippen LogP contribution in [0.25, 0.3) is 20.7 Å². The first-order valence-corrected chi connectivity index (χ1v) is 4.57. The van der Waals surface area contributed by atoms with E-state index in [0.29, 0.717) is 0 Å². The van der Waals surface area contributed by atoms with Gasteiger partial charge in [-0.15, -0.1) is 0 Å². The van der Waals surface area contributed by atoms with Crippen molar-refractivity contribution < 1.29 is 0 Å². The molecule has 3 rings (SSSR count). The van der Waals surface area contributed by atoms with E-state index in [1.165, 1.54) is 11.3 Å². The van der Waals surface area contributed by atoms with Gasteiger partial charge in [0.2, 0.25) is 0 Å². The zero-order chi connectivity index (χ0) is 8.67. The summed E-state index contributed by atoms with van der Waals surface area (Å²) in [6.07, 6.45) is 6.70. The molecule has 3 aromatic rings. The van der Waals surface area contributed by atoms with Gasteiger partial charge in [0.05, 0.1) is 0 Å². The van der Waals surface area contributed by atoms with Crippen LogP contribution in [0.1, 0.15) is 0 Å². The zero-order valence-electron chi connectivity index (χ0n) is 6.51. The van der Waals surface area contributed by atoms with Crippen LogP contribution in [-0.2, 0) is 0 Å². The van der Waals surface area contributed by atoms with Gasteiger partial charge < -0.3 is 0 Å². The Balaban J connectivity index is 2.64. The highest BCUT2D eigenvalue weighted by atomic mass is 32.1. The van der Waals surface area contributed by atoms with Crippen LogP contribution in [0.15, 0.2) is 24.8 Å². The first-order valence-electron chi connectivity index (χ1n) is 3.75. The van der Waals surface area contributed by atoms with Crippen molar-refractivity contribution in [1.29, 1.82) is 0 Å². The van der Waals surface area contributed by atoms with Gasteiger partial charge in [-0.25, -0.2) is 19.9 Å². The topological polar surface area (TPSA) is 51.6 Å². The third-order valence-corrected chi connectivity index (χ3v) is 2.73. The zero-order valence-corrected chi connectivity index (χ0v) is 7.32. The molecule has 3 heterocycles. The fourth-order valence-corrected chi connectivity index (χ4v) is 2.12. The second-order valence-electron chi connectivity index (χ2n) is 2.52. The lowest BCUT2D eigenvalue weighted by Gasteiger charge is -1.85. The number of hydrogen-bond acceptors (Lipinski definition) is 5.